The fourth-order valence-electron chi connectivity index (χ4n) is 1.77. The molecule has 0 nitrogen and oxygen atoms in total. The topological polar surface area (TPSA) is 0 Å². The lowest BCUT2D eigenvalue weighted by molar-refractivity contribution is 1.41. The van der Waals surface area contributed by atoms with E-state index in [-0.39, 0.29) is 0 Å². The number of hydrogen-bond donors (Lipinski definition) is 0. The van der Waals surface area contributed by atoms with Gasteiger partial charge in [-0.05, 0) is 35.8 Å². The first-order valence-electron chi connectivity index (χ1n) is 6.17. The zero-order valence-electron chi connectivity index (χ0n) is 10.6. The van der Waals surface area contributed by atoms with E-state index in [2.05, 4.69) is 24.4 Å². The molecule has 0 saturated heterocycles. The predicted molar refractivity (Wildman–Crippen MR) is 84.1 cm³/mol. The van der Waals surface area contributed by atoms with E-state index in [1.165, 1.54) is 5.56 Å². The van der Waals surface area contributed by atoms with E-state index in [9.17, 15) is 0 Å². The molecule has 19 heavy (non-hydrogen) atoms. The second kappa shape index (κ2) is 6.80. The van der Waals surface area contributed by atoms with Gasteiger partial charge in [0, 0.05) is 10.6 Å². The van der Waals surface area contributed by atoms with Crippen molar-refractivity contribution in [2.75, 3.05) is 0 Å². The van der Waals surface area contributed by atoms with Crippen LogP contribution in [0.25, 0.3) is 11.6 Å². The molecule has 0 fully saturated rings. The number of rotatable bonds is 4. The quantitative estimate of drug-likeness (QED) is 0.498. The molecular weight excluding hydrogens is 252 g/mol. The molecule has 0 N–H and O–H groups in total. The van der Waals surface area contributed by atoms with Gasteiger partial charge >= 0.3 is 0 Å². The molecule has 0 amide bonds. The van der Waals surface area contributed by atoms with Crippen molar-refractivity contribution in [3.8, 4) is 0 Å². The van der Waals surface area contributed by atoms with Gasteiger partial charge in [-0.15, -0.1) is 12.3 Å². The Hall–Kier alpha value is -2.01. The van der Waals surface area contributed by atoms with Crippen molar-refractivity contribution in [2.45, 2.75) is 6.42 Å². The van der Waals surface area contributed by atoms with Crippen LogP contribution >= 0.6 is 11.6 Å². The van der Waals surface area contributed by atoms with Crippen LogP contribution in [0.4, 0.5) is 0 Å². The summed E-state index contributed by atoms with van der Waals surface area (Å²) in [6.45, 7) is 3.80. The molecule has 2 aromatic rings. The highest BCUT2D eigenvalue weighted by Crippen LogP contribution is 2.18. The molecule has 94 valence electrons. The molecule has 0 atom stereocenters. The lowest BCUT2D eigenvalue weighted by Gasteiger charge is -2.01. The molecule has 0 heterocycles. The summed E-state index contributed by atoms with van der Waals surface area (Å²) >= 11 is 5.87. The van der Waals surface area contributed by atoms with Gasteiger partial charge in [-0.25, -0.2) is 0 Å². The Bertz CT molecular complexity index is 600. The summed E-state index contributed by atoms with van der Waals surface area (Å²) in [5.41, 5.74) is 6.74. The maximum atomic E-state index is 5.87. The Morgan fingerprint density at radius 2 is 1.74 bits per heavy atom. The van der Waals surface area contributed by atoms with Crippen molar-refractivity contribution >= 4 is 23.3 Å². The Morgan fingerprint density at radius 1 is 1.05 bits per heavy atom. The lowest BCUT2D eigenvalue weighted by atomic mass is 10.0. The van der Waals surface area contributed by atoms with Gasteiger partial charge in [-0.2, -0.15) is 0 Å². The van der Waals surface area contributed by atoms with Gasteiger partial charge < -0.3 is 0 Å². The summed E-state index contributed by atoms with van der Waals surface area (Å²) < 4.78 is 0. The van der Waals surface area contributed by atoms with E-state index in [1.807, 2.05) is 54.6 Å². The van der Waals surface area contributed by atoms with Crippen molar-refractivity contribution in [1.82, 2.24) is 0 Å². The van der Waals surface area contributed by atoms with Gasteiger partial charge in [0.1, 0.15) is 0 Å². The maximum Gasteiger partial charge on any atom is 0.0406 e. The van der Waals surface area contributed by atoms with E-state index in [1.54, 1.807) is 0 Å². The monoisotopic (exact) mass is 266 g/mol. The van der Waals surface area contributed by atoms with Crippen molar-refractivity contribution in [3.05, 3.63) is 89.1 Å². The molecule has 0 saturated carbocycles. The standard InChI is InChI=1S/C18H15Cl/c1-2-6-16(17-7-4-3-5-8-17)12-9-15-10-13-18(19)14-11-15/h2-5,7-11,13-14H,1,6H2. The third-order valence-corrected chi connectivity index (χ3v) is 3.01. The molecule has 0 aliphatic carbocycles. The number of hydrogen-bond acceptors (Lipinski definition) is 0. The third kappa shape index (κ3) is 3.99. The first-order valence-corrected chi connectivity index (χ1v) is 6.55. The number of allylic oxidation sites excluding steroid dienone is 2. The molecular formula is C18H15Cl. The van der Waals surface area contributed by atoms with Crippen molar-refractivity contribution in [3.63, 3.8) is 0 Å². The molecule has 1 heteroatoms. The van der Waals surface area contributed by atoms with Gasteiger partial charge in [-0.3, -0.25) is 0 Å². The average molecular weight is 267 g/mol. The Labute approximate surface area is 119 Å². The van der Waals surface area contributed by atoms with Gasteiger partial charge in [-0.1, -0.05) is 60.1 Å². The fraction of sp³-hybridized carbons (Fsp3) is 0.0556. The largest absolute Gasteiger partial charge is 0.116 e. The predicted octanol–water partition coefficient (Wildman–Crippen LogP) is 5.61. The maximum absolute atomic E-state index is 5.87. The molecule has 0 unspecified atom stereocenters. The molecule has 2 aromatic carbocycles. The van der Waals surface area contributed by atoms with Crippen LogP contribution in [-0.2, 0) is 0 Å². The molecule has 0 spiro atoms. The highest BCUT2D eigenvalue weighted by atomic mass is 35.5. The first-order chi connectivity index (χ1) is 9.29. The molecule has 0 aliphatic heterocycles. The van der Waals surface area contributed by atoms with Crippen LogP contribution in [-0.4, -0.2) is 0 Å². The van der Waals surface area contributed by atoms with Crippen LogP contribution in [0.2, 0.25) is 5.02 Å². The van der Waals surface area contributed by atoms with Crippen molar-refractivity contribution in [1.29, 1.82) is 0 Å². The summed E-state index contributed by atoms with van der Waals surface area (Å²) in [6, 6.07) is 18.0. The highest BCUT2D eigenvalue weighted by Gasteiger charge is 1.97. The molecule has 0 aromatic heterocycles. The number of halogens is 1. The van der Waals surface area contributed by atoms with Crippen molar-refractivity contribution in [2.24, 2.45) is 0 Å². The summed E-state index contributed by atoms with van der Waals surface area (Å²) in [5.74, 6) is 0. The van der Waals surface area contributed by atoms with Gasteiger partial charge in [0.25, 0.3) is 0 Å². The van der Waals surface area contributed by atoms with Gasteiger partial charge in [0.15, 0.2) is 0 Å². The summed E-state index contributed by atoms with van der Waals surface area (Å²) in [6.07, 6.45) is 4.67. The summed E-state index contributed by atoms with van der Waals surface area (Å²) in [7, 11) is 0. The van der Waals surface area contributed by atoms with Gasteiger partial charge in [0.05, 0.1) is 0 Å². The van der Waals surface area contributed by atoms with Crippen LogP contribution in [0.1, 0.15) is 17.5 Å². The fourth-order valence-corrected chi connectivity index (χ4v) is 1.90. The van der Waals surface area contributed by atoms with E-state index < -0.39 is 0 Å². The lowest BCUT2D eigenvalue weighted by Crippen LogP contribution is -1.80. The highest BCUT2D eigenvalue weighted by molar-refractivity contribution is 6.30. The summed E-state index contributed by atoms with van der Waals surface area (Å²) in [5, 5.41) is 0.746. The van der Waals surface area contributed by atoms with Crippen LogP contribution in [0.15, 0.2) is 73.0 Å². The van der Waals surface area contributed by atoms with E-state index in [4.69, 9.17) is 11.6 Å². The Balaban J connectivity index is 2.35. The van der Waals surface area contributed by atoms with E-state index in [0.29, 0.717) is 0 Å². The van der Waals surface area contributed by atoms with Crippen LogP contribution in [0.3, 0.4) is 0 Å². The Morgan fingerprint density at radius 3 is 2.37 bits per heavy atom. The first kappa shape index (κ1) is 13.4. The zero-order valence-corrected chi connectivity index (χ0v) is 11.4. The van der Waals surface area contributed by atoms with Crippen LogP contribution in [0.5, 0.6) is 0 Å². The van der Waals surface area contributed by atoms with Crippen LogP contribution in [0, 0.1) is 0 Å². The second-order valence-electron chi connectivity index (χ2n) is 4.18. The minimum Gasteiger partial charge on any atom is -0.116 e. The summed E-state index contributed by atoms with van der Waals surface area (Å²) in [4.78, 5) is 0. The van der Waals surface area contributed by atoms with E-state index >= 15 is 0 Å². The molecule has 0 bridgehead atoms. The second-order valence-corrected chi connectivity index (χ2v) is 4.61. The van der Waals surface area contributed by atoms with Gasteiger partial charge in [0.2, 0.25) is 0 Å². The Kier molecular flexibility index (Phi) is 4.80. The smallest absolute Gasteiger partial charge is 0.0406 e. The average Bonchev–Trinajstić information content (AvgIpc) is 2.46. The number of benzene rings is 2. The van der Waals surface area contributed by atoms with Crippen molar-refractivity contribution < 1.29 is 0 Å². The van der Waals surface area contributed by atoms with E-state index in [0.717, 1.165) is 22.6 Å². The molecule has 0 aliphatic rings. The normalized spacial score (nSPS) is 9.53. The van der Waals surface area contributed by atoms with Crippen LogP contribution < -0.4 is 0 Å². The molecule has 0 radical (unpaired) electrons. The molecule has 2 rings (SSSR count). The zero-order chi connectivity index (χ0) is 13.5. The third-order valence-electron chi connectivity index (χ3n) is 2.75. The minimum absolute atomic E-state index is 0.746. The minimum atomic E-state index is 0.746. The SMILES string of the molecule is C=CCC(=C=Cc1ccc(Cl)cc1)c1ccccc1.